The Labute approximate surface area is 125 Å². The van der Waals surface area contributed by atoms with E-state index in [1.54, 1.807) is 0 Å². The maximum atomic E-state index is 12.7. The van der Waals surface area contributed by atoms with E-state index in [9.17, 15) is 4.79 Å². The first kappa shape index (κ1) is 13.7. The van der Waals surface area contributed by atoms with Crippen molar-refractivity contribution in [3.05, 3.63) is 58.7 Å². The van der Waals surface area contributed by atoms with E-state index in [1.165, 1.54) is 11.1 Å². The molecule has 2 N–H and O–H groups in total. The van der Waals surface area contributed by atoms with E-state index in [0.717, 1.165) is 29.8 Å². The number of nitrogen functional groups attached to an aromatic ring is 1. The first-order chi connectivity index (χ1) is 10.1. The quantitative estimate of drug-likeness (QED) is 0.860. The van der Waals surface area contributed by atoms with Crippen LogP contribution >= 0.6 is 0 Å². The molecule has 0 radical (unpaired) electrons. The van der Waals surface area contributed by atoms with Crippen molar-refractivity contribution in [2.45, 2.75) is 26.7 Å². The smallest absolute Gasteiger partial charge is 0.231 e. The Morgan fingerprint density at radius 1 is 1.24 bits per heavy atom. The summed E-state index contributed by atoms with van der Waals surface area (Å²) in [4.78, 5) is 14.5. The van der Waals surface area contributed by atoms with Crippen molar-refractivity contribution >= 4 is 17.3 Å². The molecule has 0 spiro atoms. The van der Waals surface area contributed by atoms with Gasteiger partial charge < -0.3 is 10.6 Å². The van der Waals surface area contributed by atoms with Crippen LogP contribution in [-0.4, -0.2) is 12.5 Å². The molecule has 0 saturated heterocycles. The number of aryl methyl sites for hydroxylation is 2. The summed E-state index contributed by atoms with van der Waals surface area (Å²) >= 11 is 0. The molecule has 3 heteroatoms. The molecule has 0 aliphatic carbocycles. The number of hydrogen-bond donors (Lipinski definition) is 1. The molecule has 108 valence electrons. The number of para-hydroxylation sites is 1. The number of rotatable bonds is 2. The number of hydrogen-bond acceptors (Lipinski definition) is 2. The second-order valence-corrected chi connectivity index (χ2v) is 5.76. The number of fused-ring (bicyclic) bond motifs is 1. The van der Waals surface area contributed by atoms with Gasteiger partial charge in [-0.25, -0.2) is 0 Å². The van der Waals surface area contributed by atoms with E-state index in [-0.39, 0.29) is 5.91 Å². The molecule has 1 aliphatic rings. The van der Waals surface area contributed by atoms with Crippen molar-refractivity contribution in [2.24, 2.45) is 0 Å². The Morgan fingerprint density at radius 3 is 2.86 bits per heavy atom. The Balaban J connectivity index is 1.87. The van der Waals surface area contributed by atoms with Gasteiger partial charge in [-0.05, 0) is 43.0 Å². The molecule has 0 unspecified atom stereocenters. The Kier molecular flexibility index (Phi) is 3.42. The molecule has 1 heterocycles. The highest BCUT2D eigenvalue weighted by molar-refractivity contribution is 6.00. The number of carbonyl (C=O) groups is 1. The van der Waals surface area contributed by atoms with Crippen molar-refractivity contribution in [3.63, 3.8) is 0 Å². The minimum atomic E-state index is 0.125. The van der Waals surface area contributed by atoms with Crippen LogP contribution in [0.25, 0.3) is 0 Å². The number of benzene rings is 2. The molecule has 2 aromatic rings. The van der Waals surface area contributed by atoms with Gasteiger partial charge in [0.25, 0.3) is 0 Å². The van der Waals surface area contributed by atoms with E-state index in [2.05, 4.69) is 31.2 Å². The van der Waals surface area contributed by atoms with Gasteiger partial charge in [0.2, 0.25) is 5.91 Å². The Bertz CT molecular complexity index is 706. The molecule has 0 fully saturated rings. The van der Waals surface area contributed by atoms with Gasteiger partial charge in [-0.1, -0.05) is 35.9 Å². The minimum absolute atomic E-state index is 0.125. The Morgan fingerprint density at radius 2 is 2.05 bits per heavy atom. The lowest BCUT2D eigenvalue weighted by atomic mass is 10.0. The monoisotopic (exact) mass is 280 g/mol. The number of nitrogens with zero attached hydrogens (tertiary/aromatic N) is 1. The average molecular weight is 280 g/mol. The molecular formula is C18H20N2O. The second kappa shape index (κ2) is 5.24. The highest BCUT2D eigenvalue weighted by Gasteiger charge is 2.26. The molecule has 1 aliphatic heterocycles. The molecule has 0 atom stereocenters. The maximum absolute atomic E-state index is 12.7. The fourth-order valence-electron chi connectivity index (χ4n) is 2.98. The van der Waals surface area contributed by atoms with Gasteiger partial charge in [0, 0.05) is 6.54 Å². The first-order valence-electron chi connectivity index (χ1n) is 7.30. The fraction of sp³-hybridized carbons (Fsp3) is 0.278. The summed E-state index contributed by atoms with van der Waals surface area (Å²) < 4.78 is 0. The predicted octanol–water partition coefficient (Wildman–Crippen LogP) is 3.02. The molecule has 0 aromatic heterocycles. The Hall–Kier alpha value is -2.29. The van der Waals surface area contributed by atoms with Gasteiger partial charge in [-0.2, -0.15) is 0 Å². The van der Waals surface area contributed by atoms with Crippen LogP contribution in [-0.2, 0) is 17.6 Å². The molecule has 21 heavy (non-hydrogen) atoms. The lowest BCUT2D eigenvalue weighted by Gasteiger charge is -2.19. The van der Waals surface area contributed by atoms with E-state index in [4.69, 9.17) is 5.73 Å². The largest absolute Gasteiger partial charge is 0.397 e. The van der Waals surface area contributed by atoms with Crippen LogP contribution < -0.4 is 10.6 Å². The number of nitrogens with two attached hydrogens (primary N) is 1. The molecule has 1 amide bonds. The lowest BCUT2D eigenvalue weighted by Crippen LogP contribution is -2.31. The van der Waals surface area contributed by atoms with Crippen LogP contribution in [0.4, 0.5) is 11.4 Å². The normalized spacial score (nSPS) is 13.3. The first-order valence-corrected chi connectivity index (χ1v) is 7.30. The molecule has 0 bridgehead atoms. The second-order valence-electron chi connectivity index (χ2n) is 5.76. The summed E-state index contributed by atoms with van der Waals surface area (Å²) in [5.41, 5.74) is 12.3. The van der Waals surface area contributed by atoms with Gasteiger partial charge >= 0.3 is 0 Å². The third kappa shape index (κ3) is 2.51. The van der Waals surface area contributed by atoms with Crippen LogP contribution in [0.5, 0.6) is 0 Å². The summed E-state index contributed by atoms with van der Waals surface area (Å²) in [6.45, 7) is 4.83. The summed E-state index contributed by atoms with van der Waals surface area (Å²) in [5, 5.41) is 0. The van der Waals surface area contributed by atoms with Gasteiger partial charge in [-0.15, -0.1) is 0 Å². The van der Waals surface area contributed by atoms with Crippen LogP contribution in [0.1, 0.15) is 22.3 Å². The van der Waals surface area contributed by atoms with Crippen LogP contribution in [0.15, 0.2) is 36.4 Å². The highest BCUT2D eigenvalue weighted by Crippen LogP contribution is 2.34. The predicted molar refractivity (Wildman–Crippen MR) is 86.5 cm³/mol. The van der Waals surface area contributed by atoms with Crippen molar-refractivity contribution < 1.29 is 4.79 Å². The third-order valence-electron chi connectivity index (χ3n) is 4.17. The molecule has 3 nitrogen and oxygen atoms in total. The van der Waals surface area contributed by atoms with Crippen molar-refractivity contribution in [2.75, 3.05) is 17.2 Å². The highest BCUT2D eigenvalue weighted by atomic mass is 16.2. The minimum Gasteiger partial charge on any atom is -0.397 e. The van der Waals surface area contributed by atoms with Gasteiger partial charge in [0.1, 0.15) is 0 Å². The standard InChI is InChI=1S/C18H20N2O/c1-12-6-7-13(2)15(10-12)11-17(21)20-9-8-14-4-3-5-16(19)18(14)20/h3-7,10H,8-9,11,19H2,1-2H3. The SMILES string of the molecule is Cc1ccc(C)c(CC(=O)N2CCc3cccc(N)c32)c1. The lowest BCUT2D eigenvalue weighted by molar-refractivity contribution is -0.117. The molecule has 0 saturated carbocycles. The van der Waals surface area contributed by atoms with Crippen LogP contribution in [0, 0.1) is 13.8 Å². The summed E-state index contributed by atoms with van der Waals surface area (Å²) in [6, 6.07) is 12.1. The topological polar surface area (TPSA) is 46.3 Å². The summed E-state index contributed by atoms with van der Waals surface area (Å²) in [5.74, 6) is 0.125. The summed E-state index contributed by atoms with van der Waals surface area (Å²) in [7, 11) is 0. The maximum Gasteiger partial charge on any atom is 0.231 e. The summed E-state index contributed by atoms with van der Waals surface area (Å²) in [6.07, 6.45) is 1.32. The van der Waals surface area contributed by atoms with Crippen molar-refractivity contribution in [1.82, 2.24) is 0 Å². The van der Waals surface area contributed by atoms with E-state index < -0.39 is 0 Å². The van der Waals surface area contributed by atoms with Gasteiger partial charge in [0.05, 0.1) is 17.8 Å². The van der Waals surface area contributed by atoms with Gasteiger partial charge in [0.15, 0.2) is 0 Å². The van der Waals surface area contributed by atoms with Crippen molar-refractivity contribution in [1.29, 1.82) is 0 Å². The zero-order valence-corrected chi connectivity index (χ0v) is 12.5. The van der Waals surface area contributed by atoms with Crippen LogP contribution in [0.2, 0.25) is 0 Å². The zero-order chi connectivity index (χ0) is 15.0. The van der Waals surface area contributed by atoms with E-state index >= 15 is 0 Å². The third-order valence-corrected chi connectivity index (χ3v) is 4.17. The average Bonchev–Trinajstić information content (AvgIpc) is 2.88. The fourth-order valence-corrected chi connectivity index (χ4v) is 2.98. The van der Waals surface area contributed by atoms with E-state index in [0.29, 0.717) is 12.1 Å². The van der Waals surface area contributed by atoms with Gasteiger partial charge in [-0.3, -0.25) is 4.79 Å². The van der Waals surface area contributed by atoms with Crippen molar-refractivity contribution in [3.8, 4) is 0 Å². The number of amides is 1. The molecular weight excluding hydrogens is 260 g/mol. The zero-order valence-electron chi connectivity index (χ0n) is 12.5. The number of anilines is 2. The molecule has 2 aromatic carbocycles. The number of carbonyl (C=O) groups excluding carboxylic acids is 1. The van der Waals surface area contributed by atoms with E-state index in [1.807, 2.05) is 24.0 Å². The molecule has 3 rings (SSSR count). The van der Waals surface area contributed by atoms with Crippen LogP contribution in [0.3, 0.4) is 0 Å².